The number of rotatable bonds is 10. The molecule has 0 aliphatic heterocycles. The number of terminal acetylenes is 1. The first-order chi connectivity index (χ1) is 64.9. The second kappa shape index (κ2) is 41.1. The number of nitrogens with zero attached hydrogens (tertiary/aromatic N) is 10. The SMILES string of the molecule is C#Cc1ccc(-c2cnc3c(C4CCCCC4)c(C)[nH]n3c2=O)c(O)c1.CC#Cc1ccc(-c2cnc3c(C4CCCCC4)c(C)[nH]n3c2=O)c(O)c1.CCC#Cc1ccc(-c2cnc3c(C4CCCCC4)c(C)[nH]n3c2=O)c(O)c1.CCC#Cc1ccc(-c2cnc3c(C4CCCCC4)c(C)[nH]n3c2=O)c(O)c1.Cc1ccc(-c2cnc3c(C4CCCCC4)c(C)[nH]n3c2=O)c(O)c1. The predicted octanol–water partition coefficient (Wildman–Crippen LogP) is 20.9. The fraction of sp³-hybridized carbons (Fsp3) is 0.376. The van der Waals surface area contributed by atoms with Crippen LogP contribution in [0.15, 0.2) is 146 Å². The van der Waals surface area contributed by atoms with Crippen LogP contribution >= 0.6 is 0 Å². The first-order valence-electron chi connectivity index (χ1n) is 47.5. The molecule has 0 saturated heterocycles. The molecular formula is C109H117N15O10. The van der Waals surface area contributed by atoms with Crippen LogP contribution in [0.25, 0.3) is 83.9 Å². The number of hydrogen-bond donors (Lipinski definition) is 10. The van der Waals surface area contributed by atoms with Gasteiger partial charge in [-0.1, -0.05) is 158 Å². The van der Waals surface area contributed by atoms with Crippen molar-refractivity contribution in [2.24, 2.45) is 0 Å². The molecule has 0 atom stereocenters. The summed E-state index contributed by atoms with van der Waals surface area (Å²) in [7, 11) is 0. The van der Waals surface area contributed by atoms with E-state index in [0.717, 1.165) is 150 Å². The summed E-state index contributed by atoms with van der Waals surface area (Å²) in [6.07, 6.45) is 44.9. The zero-order valence-electron chi connectivity index (χ0n) is 77.9. The number of nitrogens with one attached hydrogen (secondary N) is 5. The first kappa shape index (κ1) is 92.7. The van der Waals surface area contributed by atoms with Crippen molar-refractivity contribution in [3.05, 3.63) is 258 Å². The van der Waals surface area contributed by atoms with Gasteiger partial charge in [-0.25, -0.2) is 47.5 Å². The molecule has 25 nitrogen and oxygen atoms in total. The molecule has 0 amide bonds. The van der Waals surface area contributed by atoms with Crippen molar-refractivity contribution in [1.29, 1.82) is 0 Å². The molecule has 5 aliphatic carbocycles. The van der Waals surface area contributed by atoms with Gasteiger partial charge in [0.1, 0.15) is 28.7 Å². The second-order valence-electron chi connectivity index (χ2n) is 36.4. The van der Waals surface area contributed by atoms with Crippen LogP contribution in [0.1, 0.15) is 308 Å². The minimum absolute atomic E-state index is 0.0184. The number of fused-ring (bicyclic) bond motifs is 5. The third kappa shape index (κ3) is 19.1. The molecule has 5 aromatic carbocycles. The number of aromatic nitrogens is 15. The monoisotopic (exact) mass is 1800 g/mol. The highest BCUT2D eigenvalue weighted by molar-refractivity contribution is 5.76. The van der Waals surface area contributed by atoms with Gasteiger partial charge in [-0.05, 0) is 227 Å². The van der Waals surface area contributed by atoms with Crippen molar-refractivity contribution in [2.75, 3.05) is 0 Å². The van der Waals surface area contributed by atoms with Crippen molar-refractivity contribution >= 4 is 28.2 Å². The predicted molar refractivity (Wildman–Crippen MR) is 527 cm³/mol. The van der Waals surface area contributed by atoms with E-state index in [1.54, 1.807) is 105 Å². The largest absolute Gasteiger partial charge is 0.507 e. The Morgan fingerprint density at radius 1 is 0.306 bits per heavy atom. The van der Waals surface area contributed by atoms with Gasteiger partial charge in [0.2, 0.25) is 0 Å². The molecule has 20 rings (SSSR count). The molecule has 10 heterocycles. The molecular weight excluding hydrogens is 1680 g/mol. The molecule has 0 unspecified atom stereocenters. The summed E-state index contributed by atoms with van der Waals surface area (Å²) in [6.45, 7) is 17.6. The maximum Gasteiger partial charge on any atom is 0.280 e. The number of aryl methyl sites for hydroxylation is 6. The summed E-state index contributed by atoms with van der Waals surface area (Å²) in [5, 5.41) is 67.7. The molecule has 25 heteroatoms. The van der Waals surface area contributed by atoms with E-state index in [4.69, 9.17) is 6.42 Å². The normalized spacial score (nSPS) is 15.1. The van der Waals surface area contributed by atoms with Crippen molar-refractivity contribution in [3.8, 4) is 132 Å². The van der Waals surface area contributed by atoms with Crippen LogP contribution < -0.4 is 27.8 Å². The Hall–Kier alpha value is -14.6. The van der Waals surface area contributed by atoms with Gasteiger partial charge in [-0.2, -0.15) is 0 Å². The highest BCUT2D eigenvalue weighted by Gasteiger charge is 2.31. The van der Waals surface area contributed by atoms with Crippen LogP contribution in [0.4, 0.5) is 0 Å². The number of aromatic hydroxyl groups is 5. The smallest absolute Gasteiger partial charge is 0.280 e. The fourth-order valence-corrected chi connectivity index (χ4v) is 20.8. The molecule has 5 aliphatic rings. The van der Waals surface area contributed by atoms with Crippen LogP contribution in [0.3, 0.4) is 0 Å². The summed E-state index contributed by atoms with van der Waals surface area (Å²) in [4.78, 5) is 88.4. The summed E-state index contributed by atoms with van der Waals surface area (Å²) in [6, 6.07) is 25.6. The van der Waals surface area contributed by atoms with Gasteiger partial charge in [0.05, 0.1) is 27.8 Å². The minimum atomic E-state index is -0.219. The third-order valence-corrected chi connectivity index (χ3v) is 27.3. The highest BCUT2D eigenvalue weighted by atomic mass is 16.3. The van der Waals surface area contributed by atoms with E-state index in [1.165, 1.54) is 131 Å². The molecule has 0 radical (unpaired) electrons. The van der Waals surface area contributed by atoms with Crippen molar-refractivity contribution in [2.45, 2.75) is 265 Å². The van der Waals surface area contributed by atoms with Crippen LogP contribution in [-0.4, -0.2) is 98.5 Å². The summed E-state index contributed by atoms with van der Waals surface area (Å²) in [5.74, 6) is 22.6. The van der Waals surface area contributed by atoms with E-state index in [0.29, 0.717) is 119 Å². The maximum absolute atomic E-state index is 13.1. The average molecular weight is 1800 g/mol. The Kier molecular flexibility index (Phi) is 28.4. The van der Waals surface area contributed by atoms with Crippen molar-refractivity contribution in [3.63, 3.8) is 0 Å². The highest BCUT2D eigenvalue weighted by Crippen LogP contribution is 2.44. The molecule has 15 aromatic rings. The zero-order valence-corrected chi connectivity index (χ0v) is 77.9. The van der Waals surface area contributed by atoms with Gasteiger partial charge in [0, 0.05) is 150 Å². The molecule has 688 valence electrons. The Balaban J connectivity index is 0.000000122. The van der Waals surface area contributed by atoms with Crippen molar-refractivity contribution in [1.82, 2.24) is 73.0 Å². The van der Waals surface area contributed by atoms with Gasteiger partial charge in [-0.15, -0.1) is 12.3 Å². The number of phenolic OH excluding ortho intramolecular Hbond substituents is 5. The lowest BCUT2D eigenvalue weighted by molar-refractivity contribution is 0.444. The van der Waals surface area contributed by atoms with Gasteiger partial charge >= 0.3 is 0 Å². The molecule has 5 saturated carbocycles. The molecule has 134 heavy (non-hydrogen) atoms. The average Bonchev–Trinajstić information content (AvgIpc) is 1.64. The Bertz CT molecular complexity index is 7350. The molecule has 10 aromatic heterocycles. The van der Waals surface area contributed by atoms with E-state index >= 15 is 0 Å². The number of hydrogen-bond acceptors (Lipinski definition) is 15. The maximum atomic E-state index is 13.1. The number of H-pyrrole nitrogens is 5. The van der Waals surface area contributed by atoms with Gasteiger partial charge in [0.15, 0.2) is 28.2 Å². The van der Waals surface area contributed by atoms with E-state index in [9.17, 15) is 49.5 Å². The summed E-state index contributed by atoms with van der Waals surface area (Å²) < 4.78 is 7.61. The first-order valence-corrected chi connectivity index (χ1v) is 47.5. The Labute approximate surface area is 777 Å². The lowest BCUT2D eigenvalue weighted by Crippen LogP contribution is -2.17. The lowest BCUT2D eigenvalue weighted by Gasteiger charge is -2.21. The van der Waals surface area contributed by atoms with E-state index in [2.05, 4.69) is 91.9 Å². The minimum Gasteiger partial charge on any atom is -0.507 e. The molecule has 10 N–H and O–H groups in total. The van der Waals surface area contributed by atoms with Gasteiger partial charge in [0.25, 0.3) is 27.8 Å². The van der Waals surface area contributed by atoms with Crippen LogP contribution in [0.5, 0.6) is 28.7 Å². The number of aromatic amines is 5. The van der Waals surface area contributed by atoms with Crippen molar-refractivity contribution < 1.29 is 25.5 Å². The lowest BCUT2D eigenvalue weighted by atomic mass is 9.84. The Morgan fingerprint density at radius 2 is 0.522 bits per heavy atom. The molecule has 0 spiro atoms. The van der Waals surface area contributed by atoms with E-state index in [-0.39, 0.29) is 56.5 Å². The summed E-state index contributed by atoms with van der Waals surface area (Å²) in [5.41, 5.74) is 21.3. The van der Waals surface area contributed by atoms with Crippen LogP contribution in [0.2, 0.25) is 0 Å². The van der Waals surface area contributed by atoms with E-state index in [1.807, 2.05) is 73.6 Å². The second-order valence-corrected chi connectivity index (χ2v) is 36.4. The van der Waals surface area contributed by atoms with E-state index < -0.39 is 0 Å². The standard InChI is InChI=1S/2C23H25N3O2.C22H23N3O2.C21H21N3O2.C20H23N3O2/c2*1-3-4-8-16-11-12-18(20(27)13-16)19-14-24-22-21(17-9-6-5-7-10-17)15(2)25-26(22)23(19)28;1-3-7-15-10-11-17(19(26)12-15)18-13-23-21-20(16-8-5-4-6-9-16)14(2)24-25(21)22(18)27;1-3-14-9-10-16(18(25)11-14)17-12-22-20-19(15-7-5-4-6-8-15)13(2)23-24(20)21(17)26;1-12-8-9-15(17(24)10-12)16-11-21-19-18(14-6-4-3-5-7-14)13(2)22-23(19)20(16)25/h2*11-14,17,25,27H,3,5-7,9-10H2,1-2H3;10-13,16,24,26H,4-6,8-9H2,1-2H3;1,9-12,15,23,25H,4-8H2,2H3;8-11,14,22,24H,3-7H2,1-2H3. The summed E-state index contributed by atoms with van der Waals surface area (Å²) >= 11 is 0. The number of phenols is 5. The van der Waals surface area contributed by atoms with Gasteiger partial charge in [-0.3, -0.25) is 49.5 Å². The van der Waals surface area contributed by atoms with Crippen LogP contribution in [-0.2, 0) is 0 Å². The quantitative estimate of drug-likeness (QED) is 0.0569. The van der Waals surface area contributed by atoms with Crippen LogP contribution in [0, 0.1) is 89.4 Å². The molecule has 0 bridgehead atoms. The molecule has 5 fully saturated rings. The Morgan fingerprint density at radius 3 is 0.739 bits per heavy atom. The van der Waals surface area contributed by atoms with Gasteiger partial charge < -0.3 is 25.5 Å². The fourth-order valence-electron chi connectivity index (χ4n) is 20.8. The topological polar surface area (TPSA) is 352 Å². The zero-order chi connectivity index (χ0) is 94.1. The number of benzene rings is 5. The third-order valence-electron chi connectivity index (χ3n) is 27.3.